The fourth-order valence-corrected chi connectivity index (χ4v) is 3.62. The zero-order valence-corrected chi connectivity index (χ0v) is 15.7. The van der Waals surface area contributed by atoms with Crippen molar-refractivity contribution in [3.63, 3.8) is 0 Å². The fraction of sp³-hybridized carbons (Fsp3) is 0.364. The Morgan fingerprint density at radius 2 is 1.88 bits per heavy atom. The van der Waals surface area contributed by atoms with E-state index < -0.39 is 11.5 Å². The summed E-state index contributed by atoms with van der Waals surface area (Å²) in [5.41, 5.74) is 1.89. The van der Waals surface area contributed by atoms with Crippen LogP contribution < -0.4 is 4.90 Å². The number of rotatable bonds is 5. The molecule has 0 saturated carbocycles. The van der Waals surface area contributed by atoms with Gasteiger partial charge in [0.05, 0.1) is 12.1 Å². The number of ketones is 1. The molecule has 3 rings (SSSR count). The summed E-state index contributed by atoms with van der Waals surface area (Å²) < 4.78 is 0. The van der Waals surface area contributed by atoms with E-state index >= 15 is 0 Å². The maximum Gasteiger partial charge on any atom is 0.264 e. The lowest BCUT2D eigenvalue weighted by Gasteiger charge is -2.22. The molecule has 4 nitrogen and oxygen atoms in total. The largest absolute Gasteiger partial charge is 0.375 e. The lowest BCUT2D eigenvalue weighted by atomic mass is 9.86. The molecule has 0 fully saturated rings. The van der Waals surface area contributed by atoms with Crippen LogP contribution in [0.25, 0.3) is 0 Å². The average Bonchev–Trinajstić information content (AvgIpc) is 2.82. The van der Waals surface area contributed by atoms with E-state index in [1.165, 1.54) is 0 Å². The van der Waals surface area contributed by atoms with Gasteiger partial charge in [-0.3, -0.25) is 9.59 Å². The average molecular weight is 351 g/mol. The summed E-state index contributed by atoms with van der Waals surface area (Å²) >= 11 is 0. The molecule has 4 heteroatoms. The van der Waals surface area contributed by atoms with Crippen LogP contribution in [0.2, 0.25) is 0 Å². The Balaban J connectivity index is 1.99. The van der Waals surface area contributed by atoms with E-state index in [4.69, 9.17) is 0 Å². The molecule has 0 saturated heterocycles. The van der Waals surface area contributed by atoms with Crippen molar-refractivity contribution < 1.29 is 14.7 Å². The molecule has 1 aliphatic heterocycles. The van der Waals surface area contributed by atoms with Gasteiger partial charge < -0.3 is 10.0 Å². The van der Waals surface area contributed by atoms with Crippen molar-refractivity contribution >= 4 is 17.4 Å². The third kappa shape index (κ3) is 2.84. The van der Waals surface area contributed by atoms with Gasteiger partial charge in [-0.25, -0.2) is 0 Å². The molecule has 0 aliphatic carbocycles. The molecular formula is C22H25NO3. The number of benzene rings is 2. The van der Waals surface area contributed by atoms with Crippen LogP contribution in [0, 0.1) is 6.92 Å². The number of nitrogens with zero attached hydrogens (tertiary/aromatic N) is 1. The molecule has 0 radical (unpaired) electrons. The van der Waals surface area contributed by atoms with Gasteiger partial charge in [-0.15, -0.1) is 0 Å². The van der Waals surface area contributed by atoms with Crippen LogP contribution in [0.4, 0.5) is 5.69 Å². The summed E-state index contributed by atoms with van der Waals surface area (Å²) in [5.74, 6) is -0.338. The second kappa shape index (κ2) is 6.69. The van der Waals surface area contributed by atoms with Crippen LogP contribution in [0.15, 0.2) is 42.5 Å². The van der Waals surface area contributed by atoms with Crippen molar-refractivity contribution in [1.82, 2.24) is 0 Å². The summed E-state index contributed by atoms with van der Waals surface area (Å²) in [4.78, 5) is 27.4. The van der Waals surface area contributed by atoms with E-state index in [-0.39, 0.29) is 12.2 Å². The van der Waals surface area contributed by atoms with Gasteiger partial charge in [0.2, 0.25) is 0 Å². The Bertz CT molecular complexity index is 871. The molecular weight excluding hydrogens is 326 g/mol. The van der Waals surface area contributed by atoms with Crippen molar-refractivity contribution in [1.29, 1.82) is 0 Å². The number of Topliss-reactive ketones (excluding diaryl/α,β-unsaturated/α-hetero) is 1. The Morgan fingerprint density at radius 1 is 1.19 bits per heavy atom. The van der Waals surface area contributed by atoms with E-state index in [1.54, 1.807) is 17.0 Å². The number of anilines is 1. The molecule has 0 spiro atoms. The van der Waals surface area contributed by atoms with Gasteiger partial charge in [-0.2, -0.15) is 0 Å². The van der Waals surface area contributed by atoms with Crippen molar-refractivity contribution in [2.24, 2.45) is 0 Å². The second-order valence-corrected chi connectivity index (χ2v) is 7.26. The number of aliphatic hydroxyl groups is 1. The number of amides is 1. The number of hydrogen-bond donors (Lipinski definition) is 1. The first-order valence-electron chi connectivity index (χ1n) is 9.07. The fourth-order valence-electron chi connectivity index (χ4n) is 3.62. The number of hydrogen-bond acceptors (Lipinski definition) is 3. The lowest BCUT2D eigenvalue weighted by Crippen LogP contribution is -2.41. The summed E-state index contributed by atoms with van der Waals surface area (Å²) in [7, 11) is 0. The lowest BCUT2D eigenvalue weighted by molar-refractivity contribution is -0.135. The quantitative estimate of drug-likeness (QED) is 0.830. The molecule has 1 aliphatic rings. The summed E-state index contributed by atoms with van der Waals surface area (Å²) in [6, 6.07) is 13.0. The van der Waals surface area contributed by atoms with E-state index in [1.807, 2.05) is 44.2 Å². The number of aryl methyl sites for hydroxylation is 1. The van der Waals surface area contributed by atoms with Gasteiger partial charge in [0.25, 0.3) is 5.91 Å². The van der Waals surface area contributed by atoms with Crippen LogP contribution in [0.5, 0.6) is 0 Å². The predicted octanol–water partition coefficient (Wildman–Crippen LogP) is 3.95. The Labute approximate surface area is 154 Å². The van der Waals surface area contributed by atoms with Crippen LogP contribution in [0.1, 0.15) is 60.2 Å². The Morgan fingerprint density at radius 3 is 2.54 bits per heavy atom. The molecule has 1 atom stereocenters. The van der Waals surface area contributed by atoms with Crippen molar-refractivity contribution in [3.8, 4) is 0 Å². The summed E-state index contributed by atoms with van der Waals surface area (Å²) in [6.07, 6.45) is -0.248. The standard InChI is InChI=1S/C22H25NO3/c1-5-23-19-9-7-6-8-18(19)22(26,21(23)25)13-20(24)17-12-16(14(2)3)11-10-15(17)4/h6-12,14,26H,5,13H2,1-4H3/t22-/m1/s1. The summed E-state index contributed by atoms with van der Waals surface area (Å²) in [5, 5.41) is 11.2. The highest BCUT2D eigenvalue weighted by atomic mass is 16.3. The van der Waals surface area contributed by atoms with Gasteiger partial charge in [-0.1, -0.05) is 44.2 Å². The second-order valence-electron chi connectivity index (χ2n) is 7.26. The van der Waals surface area contributed by atoms with Gasteiger partial charge in [0.15, 0.2) is 11.4 Å². The first-order valence-corrected chi connectivity index (χ1v) is 9.07. The van der Waals surface area contributed by atoms with Gasteiger partial charge in [0, 0.05) is 17.7 Å². The molecule has 0 bridgehead atoms. The molecule has 2 aromatic carbocycles. The molecule has 1 amide bonds. The van der Waals surface area contributed by atoms with Crippen LogP contribution in [-0.4, -0.2) is 23.3 Å². The van der Waals surface area contributed by atoms with Gasteiger partial charge >= 0.3 is 0 Å². The summed E-state index contributed by atoms with van der Waals surface area (Å²) in [6.45, 7) is 8.33. The van der Waals surface area contributed by atoms with E-state index in [0.717, 1.165) is 11.1 Å². The van der Waals surface area contributed by atoms with E-state index in [2.05, 4.69) is 13.8 Å². The van der Waals surface area contributed by atoms with Crippen molar-refractivity contribution in [2.45, 2.75) is 45.6 Å². The molecule has 0 aromatic heterocycles. The normalized spacial score (nSPS) is 19.2. The minimum Gasteiger partial charge on any atom is -0.375 e. The zero-order chi connectivity index (χ0) is 19.1. The third-order valence-electron chi connectivity index (χ3n) is 5.20. The number of fused-ring (bicyclic) bond motifs is 1. The molecule has 26 heavy (non-hydrogen) atoms. The Kier molecular flexibility index (Phi) is 4.72. The smallest absolute Gasteiger partial charge is 0.264 e. The predicted molar refractivity (Wildman–Crippen MR) is 103 cm³/mol. The van der Waals surface area contributed by atoms with Crippen molar-refractivity contribution in [2.75, 3.05) is 11.4 Å². The highest BCUT2D eigenvalue weighted by Gasteiger charge is 2.50. The third-order valence-corrected chi connectivity index (χ3v) is 5.20. The van der Waals surface area contributed by atoms with Gasteiger partial charge in [-0.05, 0) is 43.0 Å². The first-order chi connectivity index (χ1) is 12.3. The molecule has 0 unspecified atom stereocenters. The van der Waals surface area contributed by atoms with Gasteiger partial charge in [0.1, 0.15) is 0 Å². The maximum atomic E-state index is 13.0. The maximum absolute atomic E-state index is 13.0. The van der Waals surface area contributed by atoms with Crippen LogP contribution in [-0.2, 0) is 10.4 Å². The number of carbonyl (C=O) groups is 2. The highest BCUT2D eigenvalue weighted by Crippen LogP contribution is 2.42. The minimum absolute atomic E-state index is 0.214. The zero-order valence-electron chi connectivity index (χ0n) is 15.7. The SMILES string of the molecule is CCN1C(=O)[C@@](O)(CC(=O)c2cc(C(C)C)ccc2C)c2ccccc21. The topological polar surface area (TPSA) is 57.6 Å². The first kappa shape index (κ1) is 18.3. The Hall–Kier alpha value is -2.46. The van der Waals surface area contributed by atoms with E-state index in [0.29, 0.717) is 29.3 Å². The molecule has 136 valence electrons. The number of carbonyl (C=O) groups excluding carboxylic acids is 2. The van der Waals surface area contributed by atoms with Crippen LogP contribution >= 0.6 is 0 Å². The van der Waals surface area contributed by atoms with Crippen molar-refractivity contribution in [3.05, 3.63) is 64.7 Å². The van der Waals surface area contributed by atoms with E-state index in [9.17, 15) is 14.7 Å². The monoisotopic (exact) mass is 351 g/mol. The molecule has 2 aromatic rings. The number of para-hydroxylation sites is 1. The molecule has 1 N–H and O–H groups in total. The number of likely N-dealkylation sites (N-methyl/N-ethyl adjacent to an activating group) is 1. The molecule has 1 heterocycles. The minimum atomic E-state index is -1.80. The van der Waals surface area contributed by atoms with Crippen LogP contribution in [0.3, 0.4) is 0 Å². The highest BCUT2D eigenvalue weighted by molar-refractivity contribution is 6.11.